The predicted octanol–water partition coefficient (Wildman–Crippen LogP) is 7.48. The van der Waals surface area contributed by atoms with E-state index in [1.165, 1.54) is 14.2 Å². The van der Waals surface area contributed by atoms with E-state index in [0.29, 0.717) is 35.6 Å². The Morgan fingerprint density at radius 3 is 1.87 bits per heavy atom. The van der Waals surface area contributed by atoms with Crippen molar-refractivity contribution in [2.24, 2.45) is 0 Å². The smallest absolute Gasteiger partial charge is 0.407 e. The fourth-order valence-electron chi connectivity index (χ4n) is 8.58. The summed E-state index contributed by atoms with van der Waals surface area (Å²) in [4.78, 5) is 77.1. The zero-order valence-corrected chi connectivity index (χ0v) is 35.1. The van der Waals surface area contributed by atoms with Gasteiger partial charge >= 0.3 is 12.2 Å². The van der Waals surface area contributed by atoms with Crippen LogP contribution in [-0.4, -0.2) is 89.6 Å². The normalized spacial score (nSPS) is 16.9. The average Bonchev–Trinajstić information content (AvgIpc) is 4.14. The molecule has 322 valence electrons. The van der Waals surface area contributed by atoms with E-state index in [0.717, 1.165) is 58.8 Å². The molecular weight excluding hydrogens is 799 g/mol. The molecule has 6 aromatic rings. The standard InChI is InChI=1S/C49H49N7O7/c1-62-48(60)53-42(33-11-5-3-6-12-33)46(58)55-25-9-15-39(55)29-51-45(57)38-24-23-36-27-35(21-22-37(36)28-38)31-17-19-32(20-18-31)40-30-50-44(52-40)41-16-10-26-56(41)47(59)43(54-49(61)63-2)34-13-7-4-8-14-34/h3-8,11-14,17-24,27-28,30,39,41-43H,9-10,15-16,25-26,29H2,1-2H3,(H,50,52)(H,51,57)(H,53,60)(H,54,61). The van der Waals surface area contributed by atoms with Crippen LogP contribution in [-0.2, 0) is 19.1 Å². The molecular formula is C49H49N7O7. The Kier molecular flexibility index (Phi) is 12.8. The number of fused-ring (bicyclic) bond motifs is 1. The first-order chi connectivity index (χ1) is 30.7. The number of ether oxygens (including phenoxy) is 2. The van der Waals surface area contributed by atoms with Crippen molar-refractivity contribution in [2.75, 3.05) is 33.9 Å². The number of likely N-dealkylation sites (tertiary alicyclic amines) is 2. The number of benzene rings is 5. The lowest BCUT2D eigenvalue weighted by Crippen LogP contribution is -2.48. The van der Waals surface area contributed by atoms with Crippen molar-refractivity contribution in [1.29, 1.82) is 0 Å². The summed E-state index contributed by atoms with van der Waals surface area (Å²) < 4.78 is 9.62. The molecule has 5 aromatic carbocycles. The lowest BCUT2D eigenvalue weighted by atomic mass is 9.98. The van der Waals surface area contributed by atoms with Crippen molar-refractivity contribution in [2.45, 2.75) is 49.9 Å². The molecule has 5 amide bonds. The van der Waals surface area contributed by atoms with Crippen LogP contribution in [0.1, 0.15) is 71.1 Å². The number of aromatic nitrogens is 2. The highest BCUT2D eigenvalue weighted by Gasteiger charge is 2.38. The van der Waals surface area contributed by atoms with E-state index < -0.39 is 24.3 Å². The number of carbonyl (C=O) groups is 5. The molecule has 3 heterocycles. The lowest BCUT2D eigenvalue weighted by molar-refractivity contribution is -0.135. The van der Waals surface area contributed by atoms with Crippen LogP contribution < -0.4 is 16.0 Å². The molecule has 1 aromatic heterocycles. The molecule has 4 N–H and O–H groups in total. The minimum absolute atomic E-state index is 0.221. The molecule has 4 atom stereocenters. The SMILES string of the molecule is COC(=O)NC(C(=O)N1CCCC1CNC(=O)c1ccc2cc(-c3ccc(-c4cnc(C5CCCN5C(=O)C(NC(=O)OC)c5ccccc5)[nH]4)cc3)ccc2c1)c1ccccc1. The van der Waals surface area contributed by atoms with Gasteiger partial charge in [0.15, 0.2) is 0 Å². The summed E-state index contributed by atoms with van der Waals surface area (Å²) in [5, 5.41) is 10.3. The third-order valence-electron chi connectivity index (χ3n) is 11.9. The molecule has 63 heavy (non-hydrogen) atoms. The molecule has 0 aliphatic carbocycles. The van der Waals surface area contributed by atoms with E-state index in [1.54, 1.807) is 34.2 Å². The van der Waals surface area contributed by atoms with Crippen LogP contribution in [0.5, 0.6) is 0 Å². The predicted molar refractivity (Wildman–Crippen MR) is 237 cm³/mol. The molecule has 2 saturated heterocycles. The fraction of sp³-hybridized carbons (Fsp3) is 0.265. The number of rotatable bonds is 12. The van der Waals surface area contributed by atoms with Crippen molar-refractivity contribution in [3.63, 3.8) is 0 Å². The van der Waals surface area contributed by atoms with Crippen molar-refractivity contribution in [3.8, 4) is 22.4 Å². The highest BCUT2D eigenvalue weighted by molar-refractivity contribution is 5.99. The Balaban J connectivity index is 0.901. The van der Waals surface area contributed by atoms with Crippen LogP contribution in [0, 0.1) is 0 Å². The number of nitrogens with zero attached hydrogens (tertiary/aromatic N) is 3. The lowest BCUT2D eigenvalue weighted by Gasteiger charge is -2.29. The Morgan fingerprint density at radius 1 is 0.667 bits per heavy atom. The van der Waals surface area contributed by atoms with Crippen molar-refractivity contribution >= 4 is 40.7 Å². The summed E-state index contributed by atoms with van der Waals surface area (Å²) in [6.07, 6.45) is 3.47. The van der Waals surface area contributed by atoms with Crippen LogP contribution in [0.25, 0.3) is 33.2 Å². The average molecular weight is 848 g/mol. The number of nitrogens with one attached hydrogen (secondary N) is 4. The Morgan fingerprint density at radius 2 is 1.22 bits per heavy atom. The highest BCUT2D eigenvalue weighted by atomic mass is 16.5. The second kappa shape index (κ2) is 19.1. The van der Waals surface area contributed by atoms with E-state index in [1.807, 2.05) is 84.9 Å². The van der Waals surface area contributed by atoms with Gasteiger partial charge < -0.3 is 40.2 Å². The topological polar surface area (TPSA) is 175 Å². The van der Waals surface area contributed by atoms with Crippen molar-refractivity contribution < 1.29 is 33.4 Å². The molecule has 8 rings (SSSR count). The van der Waals surface area contributed by atoms with E-state index in [4.69, 9.17) is 14.5 Å². The van der Waals surface area contributed by atoms with Crippen molar-refractivity contribution in [1.82, 2.24) is 35.7 Å². The van der Waals surface area contributed by atoms with Gasteiger partial charge in [0.1, 0.15) is 17.9 Å². The molecule has 2 aliphatic heterocycles. The zero-order chi connectivity index (χ0) is 43.9. The maximum atomic E-state index is 13.9. The number of carbonyl (C=O) groups excluding carboxylic acids is 5. The van der Waals surface area contributed by atoms with Crippen LogP contribution in [0.15, 0.2) is 128 Å². The maximum absolute atomic E-state index is 13.9. The van der Waals surface area contributed by atoms with Gasteiger partial charge in [0.25, 0.3) is 11.8 Å². The molecule has 0 radical (unpaired) electrons. The van der Waals surface area contributed by atoms with Gasteiger partial charge in [-0.05, 0) is 82.5 Å². The number of hydrogen-bond acceptors (Lipinski definition) is 8. The second-order valence-corrected chi connectivity index (χ2v) is 15.7. The number of imidazole rings is 1. The van der Waals surface area contributed by atoms with Gasteiger partial charge in [-0.1, -0.05) is 103 Å². The summed E-state index contributed by atoms with van der Waals surface area (Å²) in [6, 6.07) is 35.8. The Bertz CT molecular complexity index is 2600. The second-order valence-electron chi connectivity index (χ2n) is 15.7. The van der Waals surface area contributed by atoms with Gasteiger partial charge in [0.05, 0.1) is 32.2 Å². The van der Waals surface area contributed by atoms with Crippen LogP contribution >= 0.6 is 0 Å². The van der Waals surface area contributed by atoms with Gasteiger partial charge in [0, 0.05) is 31.2 Å². The number of H-pyrrole nitrogens is 1. The Labute approximate surface area is 365 Å². The fourth-order valence-corrected chi connectivity index (χ4v) is 8.58. The van der Waals surface area contributed by atoms with Gasteiger partial charge in [-0.3, -0.25) is 14.4 Å². The summed E-state index contributed by atoms with van der Waals surface area (Å²) in [6.45, 7) is 1.34. The van der Waals surface area contributed by atoms with E-state index in [2.05, 4.69) is 39.1 Å². The maximum Gasteiger partial charge on any atom is 0.407 e. The highest BCUT2D eigenvalue weighted by Crippen LogP contribution is 2.35. The van der Waals surface area contributed by atoms with Gasteiger partial charge in [-0.2, -0.15) is 0 Å². The molecule has 2 fully saturated rings. The number of aromatic amines is 1. The number of alkyl carbamates (subject to hydrolysis) is 2. The largest absolute Gasteiger partial charge is 0.453 e. The molecule has 0 spiro atoms. The van der Waals surface area contributed by atoms with Gasteiger partial charge in [-0.15, -0.1) is 0 Å². The number of hydrogen-bond donors (Lipinski definition) is 4. The van der Waals surface area contributed by atoms with E-state index >= 15 is 0 Å². The molecule has 14 nitrogen and oxygen atoms in total. The zero-order valence-electron chi connectivity index (χ0n) is 35.1. The summed E-state index contributed by atoms with van der Waals surface area (Å²) in [5.74, 6) is -0.0196. The summed E-state index contributed by atoms with van der Waals surface area (Å²) in [5.41, 5.74) is 5.65. The van der Waals surface area contributed by atoms with Crippen molar-refractivity contribution in [3.05, 3.63) is 150 Å². The first-order valence-electron chi connectivity index (χ1n) is 21.1. The first-order valence-corrected chi connectivity index (χ1v) is 21.1. The third kappa shape index (κ3) is 9.39. The van der Waals surface area contributed by atoms with Crippen LogP contribution in [0.2, 0.25) is 0 Å². The Hall–Kier alpha value is -7.48. The molecule has 14 heteroatoms. The van der Waals surface area contributed by atoms with Crippen LogP contribution in [0.3, 0.4) is 0 Å². The minimum atomic E-state index is -0.907. The minimum Gasteiger partial charge on any atom is -0.453 e. The monoisotopic (exact) mass is 847 g/mol. The number of amides is 5. The first kappa shape index (κ1) is 42.2. The van der Waals surface area contributed by atoms with E-state index in [9.17, 15) is 24.0 Å². The van der Waals surface area contributed by atoms with Gasteiger partial charge in [-0.25, -0.2) is 14.6 Å². The van der Waals surface area contributed by atoms with E-state index in [-0.39, 0.29) is 36.3 Å². The van der Waals surface area contributed by atoms with Crippen LogP contribution in [0.4, 0.5) is 9.59 Å². The molecule has 4 unspecified atom stereocenters. The summed E-state index contributed by atoms with van der Waals surface area (Å²) in [7, 11) is 2.53. The molecule has 2 aliphatic rings. The third-order valence-corrected chi connectivity index (χ3v) is 11.9. The molecule has 0 bridgehead atoms. The summed E-state index contributed by atoms with van der Waals surface area (Å²) >= 11 is 0. The number of methoxy groups -OCH3 is 2. The van der Waals surface area contributed by atoms with Gasteiger partial charge in [0.2, 0.25) is 5.91 Å². The molecule has 0 saturated carbocycles. The quantitative estimate of drug-likeness (QED) is 0.0981.